The SMILES string of the molecule is CCOc1cc([C@@H](C)N(CCO[C@@H](C)c2ccccc2)C(=O)NC2(C(=O)OC)CC2)c(Cl)c(OCC)c1C(C)=O. The predicted molar refractivity (Wildman–Crippen MR) is 152 cm³/mol. The van der Waals surface area contributed by atoms with Crippen LogP contribution in [0.3, 0.4) is 0 Å². The van der Waals surface area contributed by atoms with Gasteiger partial charge in [0.25, 0.3) is 0 Å². The molecule has 2 amide bonds. The maximum atomic E-state index is 13.7. The summed E-state index contributed by atoms with van der Waals surface area (Å²) in [5, 5.41) is 3.08. The number of Topliss-reactive ketones (excluding diaryl/α,β-unsaturated/α-hetero) is 1. The minimum Gasteiger partial charge on any atom is -0.493 e. The molecule has 0 radical (unpaired) electrons. The molecule has 40 heavy (non-hydrogen) atoms. The molecule has 1 saturated carbocycles. The van der Waals surface area contributed by atoms with E-state index in [9.17, 15) is 14.4 Å². The highest BCUT2D eigenvalue weighted by molar-refractivity contribution is 6.33. The van der Waals surface area contributed by atoms with Crippen LogP contribution in [-0.2, 0) is 14.3 Å². The number of urea groups is 1. The number of amides is 2. The number of rotatable bonds is 14. The third kappa shape index (κ3) is 7.06. The first-order valence-electron chi connectivity index (χ1n) is 13.6. The van der Waals surface area contributed by atoms with Crippen molar-refractivity contribution in [2.24, 2.45) is 0 Å². The molecule has 0 spiro atoms. The molecule has 1 aliphatic rings. The smallest absolute Gasteiger partial charge is 0.331 e. The monoisotopic (exact) mass is 574 g/mol. The van der Waals surface area contributed by atoms with Gasteiger partial charge in [-0.2, -0.15) is 0 Å². The van der Waals surface area contributed by atoms with E-state index in [0.29, 0.717) is 30.8 Å². The minimum absolute atomic E-state index is 0.195. The van der Waals surface area contributed by atoms with Crippen LogP contribution in [0.2, 0.25) is 5.02 Å². The van der Waals surface area contributed by atoms with Gasteiger partial charge in [0.05, 0.1) is 44.1 Å². The van der Waals surface area contributed by atoms with Crippen molar-refractivity contribution in [2.75, 3.05) is 33.5 Å². The van der Waals surface area contributed by atoms with Crippen LogP contribution in [-0.4, -0.2) is 61.7 Å². The normalized spacial score (nSPS) is 15.0. The lowest BCUT2D eigenvalue weighted by atomic mass is 10.00. The molecule has 2 atom stereocenters. The number of hydrogen-bond acceptors (Lipinski definition) is 7. The van der Waals surface area contributed by atoms with Crippen LogP contribution in [0.25, 0.3) is 0 Å². The van der Waals surface area contributed by atoms with Crippen LogP contribution in [0.4, 0.5) is 4.79 Å². The molecule has 10 heteroatoms. The number of nitrogens with one attached hydrogen (secondary N) is 1. The van der Waals surface area contributed by atoms with E-state index in [1.165, 1.54) is 14.0 Å². The van der Waals surface area contributed by atoms with E-state index < -0.39 is 23.6 Å². The molecule has 2 aromatic carbocycles. The Labute approximate surface area is 241 Å². The number of carbonyl (C=O) groups excluding carboxylic acids is 3. The Kier molecular flexibility index (Phi) is 10.8. The summed E-state index contributed by atoms with van der Waals surface area (Å²) in [5.74, 6) is -0.192. The molecule has 3 rings (SSSR count). The van der Waals surface area contributed by atoms with Gasteiger partial charge in [-0.05, 0) is 59.1 Å². The van der Waals surface area contributed by atoms with Gasteiger partial charge in [-0.25, -0.2) is 9.59 Å². The zero-order valence-electron chi connectivity index (χ0n) is 24.0. The van der Waals surface area contributed by atoms with Crippen molar-refractivity contribution >= 4 is 29.4 Å². The summed E-state index contributed by atoms with van der Waals surface area (Å²) in [5.41, 5.74) is 0.757. The summed E-state index contributed by atoms with van der Waals surface area (Å²) in [7, 11) is 1.30. The zero-order valence-corrected chi connectivity index (χ0v) is 24.8. The lowest BCUT2D eigenvalue weighted by Gasteiger charge is -2.33. The zero-order chi connectivity index (χ0) is 29.4. The van der Waals surface area contributed by atoms with E-state index >= 15 is 0 Å². The molecule has 2 aromatic rings. The van der Waals surface area contributed by atoms with Crippen molar-refractivity contribution in [3.63, 3.8) is 0 Å². The van der Waals surface area contributed by atoms with Crippen LogP contribution < -0.4 is 14.8 Å². The minimum atomic E-state index is -1.04. The number of halogens is 1. The molecule has 1 fully saturated rings. The van der Waals surface area contributed by atoms with Crippen LogP contribution in [0.15, 0.2) is 36.4 Å². The number of hydrogen-bond donors (Lipinski definition) is 1. The van der Waals surface area contributed by atoms with Gasteiger partial charge in [-0.3, -0.25) is 4.79 Å². The molecular weight excluding hydrogens is 536 g/mol. The van der Waals surface area contributed by atoms with Gasteiger partial charge in [0, 0.05) is 12.1 Å². The van der Waals surface area contributed by atoms with Crippen molar-refractivity contribution in [3.05, 3.63) is 58.1 Å². The summed E-state index contributed by atoms with van der Waals surface area (Å²) in [6.45, 7) is 9.81. The molecule has 0 bridgehead atoms. The second-order valence-corrected chi connectivity index (χ2v) is 10.1. The Morgan fingerprint density at radius 3 is 2.27 bits per heavy atom. The van der Waals surface area contributed by atoms with Gasteiger partial charge in [-0.15, -0.1) is 0 Å². The topological polar surface area (TPSA) is 103 Å². The second-order valence-electron chi connectivity index (χ2n) is 9.70. The lowest BCUT2D eigenvalue weighted by Crippen LogP contribution is -2.51. The van der Waals surface area contributed by atoms with Gasteiger partial charge in [-0.1, -0.05) is 41.9 Å². The Bertz CT molecular complexity index is 1200. The highest BCUT2D eigenvalue weighted by Crippen LogP contribution is 2.43. The quantitative estimate of drug-likeness (QED) is 0.221. The van der Waals surface area contributed by atoms with Crippen LogP contribution >= 0.6 is 11.6 Å². The summed E-state index contributed by atoms with van der Waals surface area (Å²) in [6, 6.07) is 10.4. The first-order chi connectivity index (χ1) is 19.1. The first kappa shape index (κ1) is 31.2. The summed E-state index contributed by atoms with van der Waals surface area (Å²) in [4.78, 5) is 40.1. The summed E-state index contributed by atoms with van der Waals surface area (Å²) in [6.07, 6.45) is 0.789. The van der Waals surface area contributed by atoms with Gasteiger partial charge in [0.15, 0.2) is 11.5 Å². The van der Waals surface area contributed by atoms with Crippen LogP contribution in [0.5, 0.6) is 11.5 Å². The standard InChI is InChI=1S/C30H39ClN2O7/c1-7-38-24-18-23(26(31)27(39-8-2)25(24)20(4)34)19(3)33(29(36)32-30(14-15-30)28(35)37-6)16-17-40-21(5)22-12-10-9-11-13-22/h9-13,18-19,21H,7-8,14-17H2,1-6H3,(H,32,36)/t19-,21+/m1/s1. The number of esters is 1. The van der Waals surface area contributed by atoms with E-state index in [-0.39, 0.29) is 48.0 Å². The number of benzene rings is 2. The maximum absolute atomic E-state index is 13.7. The highest BCUT2D eigenvalue weighted by Gasteiger charge is 2.53. The number of ether oxygens (including phenoxy) is 4. The second kappa shape index (κ2) is 13.9. The fraction of sp³-hybridized carbons (Fsp3) is 0.500. The summed E-state index contributed by atoms with van der Waals surface area (Å²) >= 11 is 6.84. The number of ketones is 1. The first-order valence-corrected chi connectivity index (χ1v) is 13.9. The number of nitrogens with zero attached hydrogens (tertiary/aromatic N) is 1. The molecule has 0 aromatic heterocycles. The largest absolute Gasteiger partial charge is 0.493 e. The average Bonchev–Trinajstić information content (AvgIpc) is 3.72. The molecule has 0 aliphatic heterocycles. The van der Waals surface area contributed by atoms with Gasteiger partial charge in [0.2, 0.25) is 0 Å². The van der Waals surface area contributed by atoms with Crippen molar-refractivity contribution < 1.29 is 33.3 Å². The number of methoxy groups -OCH3 is 1. The third-order valence-corrected chi connectivity index (χ3v) is 7.36. The van der Waals surface area contributed by atoms with Crippen LogP contribution in [0, 0.1) is 0 Å². The molecule has 1 aliphatic carbocycles. The van der Waals surface area contributed by atoms with Gasteiger partial charge < -0.3 is 29.2 Å². The van der Waals surface area contributed by atoms with E-state index in [4.69, 9.17) is 30.5 Å². The average molecular weight is 575 g/mol. The fourth-order valence-corrected chi connectivity index (χ4v) is 4.94. The van der Waals surface area contributed by atoms with E-state index in [1.807, 2.05) is 51.1 Å². The summed E-state index contributed by atoms with van der Waals surface area (Å²) < 4.78 is 22.6. The Hall–Kier alpha value is -3.30. The van der Waals surface area contributed by atoms with Crippen LogP contribution in [0.1, 0.15) is 81.1 Å². The van der Waals surface area contributed by atoms with Crippen molar-refractivity contribution in [1.29, 1.82) is 0 Å². The molecule has 0 saturated heterocycles. The molecule has 1 N–H and O–H groups in total. The van der Waals surface area contributed by atoms with E-state index in [2.05, 4.69) is 5.32 Å². The number of carbonyl (C=O) groups is 3. The highest BCUT2D eigenvalue weighted by atomic mass is 35.5. The van der Waals surface area contributed by atoms with Crippen molar-refractivity contribution in [2.45, 2.75) is 65.1 Å². The fourth-order valence-electron chi connectivity index (χ4n) is 4.58. The van der Waals surface area contributed by atoms with E-state index in [0.717, 1.165) is 5.56 Å². The lowest BCUT2D eigenvalue weighted by molar-refractivity contribution is -0.144. The molecule has 9 nitrogen and oxygen atoms in total. The Morgan fingerprint density at radius 2 is 1.73 bits per heavy atom. The molecule has 218 valence electrons. The Balaban J connectivity index is 1.96. The molecule has 0 unspecified atom stereocenters. The molecule has 0 heterocycles. The van der Waals surface area contributed by atoms with E-state index in [1.54, 1.807) is 17.9 Å². The van der Waals surface area contributed by atoms with Crippen molar-refractivity contribution in [3.8, 4) is 11.5 Å². The van der Waals surface area contributed by atoms with Crippen molar-refractivity contribution in [1.82, 2.24) is 10.2 Å². The Morgan fingerprint density at radius 1 is 1.07 bits per heavy atom. The molecular formula is C30H39ClN2O7. The third-order valence-electron chi connectivity index (χ3n) is 6.97. The predicted octanol–water partition coefficient (Wildman–Crippen LogP) is 5.90. The van der Waals surface area contributed by atoms with Gasteiger partial charge >= 0.3 is 12.0 Å². The maximum Gasteiger partial charge on any atom is 0.331 e. The van der Waals surface area contributed by atoms with Gasteiger partial charge in [0.1, 0.15) is 16.9 Å².